The molecule has 2 aliphatic rings. The summed E-state index contributed by atoms with van der Waals surface area (Å²) in [6.07, 6.45) is 3.21. The van der Waals surface area contributed by atoms with Gasteiger partial charge in [-0.05, 0) is 121 Å². The van der Waals surface area contributed by atoms with E-state index in [1.54, 1.807) is 0 Å². The molecule has 10 aromatic carbocycles. The van der Waals surface area contributed by atoms with Crippen LogP contribution in [0.1, 0.15) is 103 Å². The number of pyridine rings is 2. The van der Waals surface area contributed by atoms with Gasteiger partial charge in [-0.25, -0.2) is 4.79 Å². The number of allylic oxidation sites excluding steroid dienone is 2. The molecule has 2 unspecified atom stereocenters. The van der Waals surface area contributed by atoms with Crippen LogP contribution >= 0.6 is 0 Å². The summed E-state index contributed by atoms with van der Waals surface area (Å²) in [4.78, 5) is 51.6. The number of aromatic nitrogens is 4. The Bertz CT molecular complexity index is 5920. The second kappa shape index (κ2) is 47.1. The zero-order valence-corrected chi connectivity index (χ0v) is 77.1. The molecule has 4 N–H and O–H groups in total. The molecule has 0 bridgehead atoms. The normalized spacial score (nSPS) is 12.4. The van der Waals surface area contributed by atoms with Crippen molar-refractivity contribution in [1.29, 1.82) is 0 Å². The SMILES string of the molecule is C=C(C)C(=O)OCCOC(=[OH+])C=C(C)O.C=Cn1c2ccccc2c2ccccc21.CC1(C)c2ccccc2-c2c[c-]c(-c3ccc4ccccc4n3)cc21.CC1(C)c2ccccc2-c2c[c-]c(-c3ccc4ccccc4n3)cc21.CCC(CC(C)n1c2ccccc2c2ccccc21)C(=O)OCCOC(=[OH+])C=C(C)O.[B]B([B])B([B])[B].[B][B]B([B])B([B])[B].[Ir].[Ir]. The Labute approximate surface area is 780 Å². The Morgan fingerprint density at radius 3 is 1.25 bits per heavy atom. The predicted molar refractivity (Wildman–Crippen MR) is 526 cm³/mol. The number of carbonyl (C=O) groups is 2. The number of carbonyl (C=O) groups excluding carboxylic acids is 4. The van der Waals surface area contributed by atoms with Gasteiger partial charge in [-0.1, -0.05) is 252 Å². The van der Waals surface area contributed by atoms with Crippen molar-refractivity contribution in [2.24, 2.45) is 5.92 Å². The molecule has 14 nitrogen and oxygen atoms in total. The number of esters is 4. The summed E-state index contributed by atoms with van der Waals surface area (Å²) >= 11 is 0. The van der Waals surface area contributed by atoms with E-state index in [0.29, 0.717) is 18.4 Å². The maximum absolute atomic E-state index is 12.6. The third-order valence-corrected chi connectivity index (χ3v) is 21.4. The molecule has 0 aliphatic heterocycles. The van der Waals surface area contributed by atoms with Gasteiger partial charge in [-0.3, -0.25) is 14.8 Å². The number of hydrogen-bond acceptors (Lipinski definition) is 10. The molecule has 617 valence electrons. The Hall–Kier alpha value is -10.8. The van der Waals surface area contributed by atoms with E-state index < -0.39 is 37.1 Å². The molecular formula is C97H92B13Ir2N4O10. The molecular weight excluding hydrogens is 1910 g/mol. The molecule has 4 aromatic heterocycles. The maximum atomic E-state index is 12.6. The van der Waals surface area contributed by atoms with Crippen molar-refractivity contribution in [3.63, 3.8) is 0 Å². The van der Waals surface area contributed by atoms with Gasteiger partial charge in [-0.15, -0.1) is 58.7 Å². The van der Waals surface area contributed by atoms with Crippen LogP contribution in [0.15, 0.2) is 285 Å². The number of fused-ring (bicyclic) bond motifs is 14. The van der Waals surface area contributed by atoms with Gasteiger partial charge in [0.05, 0.1) is 28.0 Å². The number of ether oxygens (including phenoxy) is 4. The zero-order valence-electron chi connectivity index (χ0n) is 72.3. The molecule has 0 amide bonds. The van der Waals surface area contributed by atoms with E-state index in [4.69, 9.17) is 101 Å². The van der Waals surface area contributed by atoms with Crippen LogP contribution in [0.4, 0.5) is 0 Å². The minimum Gasteiger partial charge on any atom is -0.512 e. The molecule has 29 heteroatoms. The van der Waals surface area contributed by atoms with E-state index in [9.17, 15) is 14.4 Å². The summed E-state index contributed by atoms with van der Waals surface area (Å²) in [5, 5.41) is 25.1. The molecule has 0 saturated heterocycles. The van der Waals surface area contributed by atoms with Gasteiger partial charge < -0.3 is 47.9 Å². The van der Waals surface area contributed by atoms with E-state index in [0.717, 1.165) is 56.7 Å². The Morgan fingerprint density at radius 1 is 0.508 bits per heavy atom. The molecule has 4 heterocycles. The average molecular weight is 2000 g/mol. The molecule has 0 spiro atoms. The number of rotatable bonds is 20. The quantitative estimate of drug-likeness (QED) is 0.0109. The number of aliphatic hydroxyl groups is 2. The molecule has 19 radical (unpaired) electrons. The van der Waals surface area contributed by atoms with Crippen LogP contribution in [0, 0.1) is 18.1 Å². The standard InChI is InChI=1S/C25H29NO5.2C24H18N.C14H11N.C10H14O5.B7.B6.2Ir/c1-4-19(25(29)31-14-13-30-24(28)16-18(3)27)15-17(2)26-22-11-7-5-9-20(22)21-10-6-8-12-23(21)26;2*1-24(2)20-9-5-4-8-18(20)19-13-11-17(15-21(19)24)23-14-12-16-7-3-6-10-22(16)25-23;1-2-15-13-9-5-3-7-11(13)12-8-4-6-10-14(12)15;1-7(2)10(13)15-5-4-14-9(12)6-8(3)11;1-5-7(4)6(2)3;1-5(2)6(3)4;;/h5-12,16-17,19,27H,4,13-15H2,1-3H3;2*3-10,12-15H,1-2H3;2-10H,1H2;6,11H,1,4-5H2,2-3H3;;;;/q;2*-1;;;;;;/p+2. The first-order valence-electron chi connectivity index (χ1n) is 41.0. The fourth-order valence-electron chi connectivity index (χ4n) is 14.9. The van der Waals surface area contributed by atoms with Crippen LogP contribution in [0.25, 0.3) is 116 Å². The minimum atomic E-state index is -0.593. The summed E-state index contributed by atoms with van der Waals surface area (Å²) in [6, 6.07) is 91.6. The van der Waals surface area contributed by atoms with Crippen LogP contribution in [0.5, 0.6) is 0 Å². The molecule has 16 rings (SSSR count). The zero-order chi connectivity index (χ0) is 89.5. The van der Waals surface area contributed by atoms with Crippen LogP contribution < -0.4 is 0 Å². The van der Waals surface area contributed by atoms with Gasteiger partial charge in [0, 0.05) is 185 Å². The van der Waals surface area contributed by atoms with Crippen molar-refractivity contribution in [2.45, 2.75) is 92.0 Å². The Morgan fingerprint density at radius 2 is 0.873 bits per heavy atom. The number of hydrogen-bond donors (Lipinski definition) is 2. The first-order valence-corrected chi connectivity index (χ1v) is 41.0. The molecule has 2 aliphatic carbocycles. The topological polar surface area (TPSA) is 190 Å². The number of nitrogens with zero attached hydrogens (tertiary/aromatic N) is 4. The smallest absolute Gasteiger partial charge is 0.512 e. The van der Waals surface area contributed by atoms with Crippen molar-refractivity contribution >= 4 is 190 Å². The van der Waals surface area contributed by atoms with Crippen LogP contribution in [-0.2, 0) is 79.6 Å². The van der Waals surface area contributed by atoms with Gasteiger partial charge in [0.1, 0.15) is 23.7 Å². The fraction of sp³-hybridized carbons (Fsp3) is 0.196. The van der Waals surface area contributed by atoms with E-state index in [1.165, 1.54) is 116 Å². The average Bonchev–Trinajstić information content (AvgIpc) is 1.18. The summed E-state index contributed by atoms with van der Waals surface area (Å²) in [5.74, 6) is -2.01. The van der Waals surface area contributed by atoms with Gasteiger partial charge in [0.15, 0.2) is 13.2 Å². The summed E-state index contributed by atoms with van der Waals surface area (Å²) in [7, 11) is 41.4. The fourth-order valence-corrected chi connectivity index (χ4v) is 14.9. The van der Waals surface area contributed by atoms with E-state index in [2.05, 4.69) is 268 Å². The van der Waals surface area contributed by atoms with E-state index in [-0.39, 0.29) is 113 Å². The van der Waals surface area contributed by atoms with Crippen molar-refractivity contribution < 1.29 is 88.5 Å². The van der Waals surface area contributed by atoms with Crippen LogP contribution in [0.3, 0.4) is 0 Å². The summed E-state index contributed by atoms with van der Waals surface area (Å²) in [5.41, 5.74) is 21.9. The molecule has 0 saturated carbocycles. The predicted octanol–water partition coefficient (Wildman–Crippen LogP) is 17.3. The van der Waals surface area contributed by atoms with Gasteiger partial charge in [0.25, 0.3) is 0 Å². The molecule has 2 atom stereocenters. The Kier molecular flexibility index (Phi) is 37.6. The second-order valence-corrected chi connectivity index (χ2v) is 31.2. The number of benzene rings is 10. The van der Waals surface area contributed by atoms with Crippen molar-refractivity contribution in [1.82, 2.24) is 19.1 Å². The molecule has 126 heavy (non-hydrogen) atoms. The van der Waals surface area contributed by atoms with E-state index in [1.807, 2.05) is 61.7 Å². The summed E-state index contributed by atoms with van der Waals surface area (Å²) in [6.45, 7) is 25.0. The molecule has 14 aromatic rings. The van der Waals surface area contributed by atoms with Crippen molar-refractivity contribution in [3.8, 4) is 44.8 Å². The van der Waals surface area contributed by atoms with Gasteiger partial charge in [0.2, 0.25) is 13.2 Å². The largest absolute Gasteiger partial charge is 0.513 e. The van der Waals surface area contributed by atoms with E-state index >= 15 is 0 Å². The first kappa shape index (κ1) is 101. The van der Waals surface area contributed by atoms with Gasteiger partial charge >= 0.3 is 23.9 Å². The monoisotopic (exact) mass is 2000 g/mol. The third kappa shape index (κ3) is 25.3. The Balaban J connectivity index is 0.000000191. The minimum absolute atomic E-state index is 0. The van der Waals surface area contributed by atoms with Crippen LogP contribution in [-0.4, -0.2) is 184 Å². The maximum Gasteiger partial charge on any atom is 0.513 e. The second-order valence-electron chi connectivity index (χ2n) is 31.2. The summed E-state index contributed by atoms with van der Waals surface area (Å²) < 4.78 is 24.2. The third-order valence-electron chi connectivity index (χ3n) is 21.4. The van der Waals surface area contributed by atoms with Crippen molar-refractivity contribution in [2.75, 3.05) is 26.4 Å². The van der Waals surface area contributed by atoms with Crippen LogP contribution in [0.2, 0.25) is 0 Å². The first-order chi connectivity index (χ1) is 59.4. The van der Waals surface area contributed by atoms with Gasteiger partial charge in [-0.2, -0.15) is 0 Å². The molecule has 0 fully saturated rings. The number of aliphatic hydroxyl groups excluding tert-OH is 2. The van der Waals surface area contributed by atoms with Crippen molar-refractivity contribution in [3.05, 3.63) is 319 Å². The number of para-hydroxylation sites is 6.